The number of carboxylic acids is 1. The first-order valence-corrected chi connectivity index (χ1v) is 11.7. The molecule has 0 spiro atoms. The van der Waals surface area contributed by atoms with Crippen LogP contribution in [-0.2, 0) is 20.9 Å². The third-order valence-corrected chi connectivity index (χ3v) is 5.29. The molecule has 1 heterocycles. The minimum absolute atomic E-state index is 0.108. The van der Waals surface area contributed by atoms with Gasteiger partial charge in [0.25, 0.3) is 5.88 Å². The molecule has 0 saturated carbocycles. The third kappa shape index (κ3) is 8.31. The van der Waals surface area contributed by atoms with Gasteiger partial charge in [-0.25, -0.2) is 10.2 Å². The number of benzene rings is 2. The Morgan fingerprint density at radius 1 is 1.14 bits per heavy atom. The van der Waals surface area contributed by atoms with Crippen molar-refractivity contribution >= 4 is 29.4 Å². The number of aromatic nitrogens is 1. The van der Waals surface area contributed by atoms with E-state index in [9.17, 15) is 19.5 Å². The fraction of sp³-hybridized carbons (Fsp3) is 0.280. The van der Waals surface area contributed by atoms with Crippen molar-refractivity contribution in [2.45, 2.75) is 32.4 Å². The van der Waals surface area contributed by atoms with Crippen molar-refractivity contribution in [3.63, 3.8) is 0 Å². The number of hydrogen-bond donors (Lipinski definition) is 3. The number of carbonyl (C=O) groups excluding carboxylic acids is 2. The third-order valence-electron chi connectivity index (χ3n) is 5.05. The molecule has 0 aliphatic rings. The Morgan fingerprint density at radius 2 is 1.89 bits per heavy atom. The quantitative estimate of drug-likeness (QED) is 0.170. The summed E-state index contributed by atoms with van der Waals surface area (Å²) in [6.07, 6.45) is -0.987. The van der Waals surface area contributed by atoms with Crippen LogP contribution in [0.3, 0.4) is 0 Å². The molecule has 0 bridgehead atoms. The molecule has 196 valence electrons. The lowest BCUT2D eigenvalue weighted by atomic mass is 10.0. The number of carboxylic acid groups (broad SMARTS) is 1. The number of aliphatic hydroxyl groups excluding tert-OH is 1. The van der Waals surface area contributed by atoms with Crippen LogP contribution in [0.5, 0.6) is 5.88 Å². The normalized spacial score (nSPS) is 11.5. The zero-order chi connectivity index (χ0) is 26.8. The number of aliphatic hydroxyl groups is 1. The molecule has 1 atom stereocenters. The smallest absolute Gasteiger partial charge is 0.334 e. The summed E-state index contributed by atoms with van der Waals surface area (Å²) in [6.45, 7) is 0.984. The molecular weight excluding hydrogens is 506 g/mol. The van der Waals surface area contributed by atoms with Gasteiger partial charge in [0.2, 0.25) is 12.6 Å². The van der Waals surface area contributed by atoms with E-state index in [4.69, 9.17) is 30.7 Å². The predicted molar refractivity (Wildman–Crippen MR) is 131 cm³/mol. The fourth-order valence-electron chi connectivity index (χ4n) is 3.13. The van der Waals surface area contributed by atoms with Gasteiger partial charge >= 0.3 is 17.8 Å². The van der Waals surface area contributed by atoms with E-state index in [0.29, 0.717) is 11.4 Å². The Balaban J connectivity index is 1.65. The number of esters is 1. The van der Waals surface area contributed by atoms with Gasteiger partial charge in [0, 0.05) is 18.0 Å². The second kappa shape index (κ2) is 13.4. The van der Waals surface area contributed by atoms with E-state index < -0.39 is 37.3 Å². The van der Waals surface area contributed by atoms with E-state index >= 15 is 0 Å². The largest absolute Gasteiger partial charge is 0.479 e. The average molecular weight is 532 g/mol. The maximum absolute atomic E-state index is 12.9. The van der Waals surface area contributed by atoms with Gasteiger partial charge in [-0.2, -0.15) is 0 Å². The van der Waals surface area contributed by atoms with Gasteiger partial charge in [-0.15, -0.1) is 0 Å². The van der Waals surface area contributed by atoms with Gasteiger partial charge in [0.1, 0.15) is 0 Å². The van der Waals surface area contributed by atoms with Crippen LogP contribution >= 0.6 is 11.6 Å². The summed E-state index contributed by atoms with van der Waals surface area (Å²) in [5, 5.41) is 24.0. The number of carbonyl (C=O) groups is 3. The Bertz CT molecular complexity index is 1210. The molecule has 0 saturated heterocycles. The maximum Gasteiger partial charge on any atom is 0.334 e. The highest BCUT2D eigenvalue weighted by Crippen LogP contribution is 2.23. The zero-order valence-corrected chi connectivity index (χ0v) is 20.7. The number of ether oxygens (including phenoxy) is 2. The van der Waals surface area contributed by atoms with Crippen molar-refractivity contribution in [1.82, 2.24) is 15.6 Å². The summed E-state index contributed by atoms with van der Waals surface area (Å²) in [4.78, 5) is 35.5. The minimum Gasteiger partial charge on any atom is -0.479 e. The van der Waals surface area contributed by atoms with Gasteiger partial charge in [-0.1, -0.05) is 54.9 Å². The topological polar surface area (TPSA) is 151 Å². The number of hydrazine groups is 1. The van der Waals surface area contributed by atoms with Crippen LogP contribution in [0.25, 0.3) is 11.1 Å². The van der Waals surface area contributed by atoms with Crippen LogP contribution in [-0.4, -0.2) is 57.7 Å². The minimum atomic E-state index is -1.85. The summed E-state index contributed by atoms with van der Waals surface area (Å²) < 4.78 is 15.0. The molecule has 0 aliphatic carbocycles. The van der Waals surface area contributed by atoms with Gasteiger partial charge < -0.3 is 24.2 Å². The molecule has 0 aliphatic heterocycles. The number of nitrogens with one attached hydrogen (secondary N) is 1. The fourth-order valence-corrected chi connectivity index (χ4v) is 3.32. The van der Waals surface area contributed by atoms with E-state index in [-0.39, 0.29) is 24.6 Å². The predicted octanol–water partition coefficient (Wildman–Crippen LogP) is 3.27. The van der Waals surface area contributed by atoms with Crippen molar-refractivity contribution in [2.75, 3.05) is 13.3 Å². The lowest BCUT2D eigenvalue weighted by Crippen LogP contribution is -2.48. The Kier molecular flexibility index (Phi) is 10.0. The van der Waals surface area contributed by atoms with E-state index in [1.165, 1.54) is 0 Å². The van der Waals surface area contributed by atoms with E-state index in [1.807, 2.05) is 49.4 Å². The Labute approximate surface area is 217 Å². The first kappa shape index (κ1) is 27.7. The maximum atomic E-state index is 12.9. The number of aliphatic carboxylic acids is 1. The van der Waals surface area contributed by atoms with Crippen LogP contribution in [0.2, 0.25) is 5.02 Å². The molecular formula is C25H26ClN3O8. The Hall–Kier alpha value is -3.93. The van der Waals surface area contributed by atoms with Crippen LogP contribution in [0.4, 0.5) is 0 Å². The molecule has 37 heavy (non-hydrogen) atoms. The highest BCUT2D eigenvalue weighted by Gasteiger charge is 2.26. The van der Waals surface area contributed by atoms with Gasteiger partial charge in [0.15, 0.2) is 6.10 Å². The second-order valence-corrected chi connectivity index (χ2v) is 8.31. The lowest BCUT2D eigenvalue weighted by molar-refractivity contribution is -0.150. The number of nitrogens with zero attached hydrogens (tertiary/aromatic N) is 2. The molecule has 1 amide bonds. The Morgan fingerprint density at radius 3 is 2.57 bits per heavy atom. The van der Waals surface area contributed by atoms with Crippen molar-refractivity contribution in [3.05, 3.63) is 70.9 Å². The second-order valence-electron chi connectivity index (χ2n) is 7.87. The van der Waals surface area contributed by atoms with Gasteiger partial charge in [-0.05, 0) is 40.4 Å². The van der Waals surface area contributed by atoms with Crippen molar-refractivity contribution in [3.8, 4) is 17.0 Å². The first-order chi connectivity index (χ1) is 17.8. The number of halogens is 1. The summed E-state index contributed by atoms with van der Waals surface area (Å²) in [6, 6.07) is 16.0. The average Bonchev–Trinajstić information content (AvgIpc) is 3.35. The number of rotatable bonds is 13. The van der Waals surface area contributed by atoms with Crippen LogP contribution in [0, 0.1) is 0 Å². The monoisotopic (exact) mass is 531 g/mol. The molecule has 1 aromatic heterocycles. The van der Waals surface area contributed by atoms with E-state index in [0.717, 1.165) is 27.8 Å². The molecule has 11 nitrogen and oxygen atoms in total. The number of hydrogen-bond acceptors (Lipinski definition) is 9. The standard InChI is InChI=1S/C25H26ClN3O8/c1-2-4-23(31)36-15-35-22-12-21(37-28-22)24(32)29(14-20(30)25(33)34)27-13-16-7-9-17(10-8-16)18-5-3-6-19(26)11-18/h3,5-12,20,27,30H,2,4,13-15H2,1H3,(H,33,34)/t20-/m1/s1. The summed E-state index contributed by atoms with van der Waals surface area (Å²) in [7, 11) is 0. The summed E-state index contributed by atoms with van der Waals surface area (Å²) >= 11 is 6.06. The zero-order valence-electron chi connectivity index (χ0n) is 19.9. The van der Waals surface area contributed by atoms with Crippen molar-refractivity contribution in [1.29, 1.82) is 0 Å². The summed E-state index contributed by atoms with van der Waals surface area (Å²) in [5.41, 5.74) is 5.47. The van der Waals surface area contributed by atoms with Crippen LogP contribution < -0.4 is 10.2 Å². The molecule has 0 radical (unpaired) electrons. The molecule has 3 N–H and O–H groups in total. The molecule has 3 rings (SSSR count). The first-order valence-electron chi connectivity index (χ1n) is 11.3. The highest BCUT2D eigenvalue weighted by atomic mass is 35.5. The van der Waals surface area contributed by atoms with Crippen LogP contribution in [0.15, 0.2) is 59.1 Å². The van der Waals surface area contributed by atoms with Gasteiger partial charge in [-0.3, -0.25) is 14.6 Å². The summed E-state index contributed by atoms with van der Waals surface area (Å²) in [5.74, 6) is -3.12. The number of amides is 1. The molecule has 12 heteroatoms. The molecule has 0 unspecified atom stereocenters. The molecule has 2 aromatic carbocycles. The molecule has 0 fully saturated rings. The van der Waals surface area contributed by atoms with E-state index in [2.05, 4.69) is 10.6 Å². The lowest BCUT2D eigenvalue weighted by Gasteiger charge is -2.23. The van der Waals surface area contributed by atoms with Gasteiger partial charge in [0.05, 0.1) is 12.6 Å². The highest BCUT2D eigenvalue weighted by molar-refractivity contribution is 6.30. The van der Waals surface area contributed by atoms with E-state index in [1.54, 1.807) is 6.07 Å². The van der Waals surface area contributed by atoms with Crippen molar-refractivity contribution < 1.29 is 38.6 Å². The van der Waals surface area contributed by atoms with Crippen LogP contribution in [0.1, 0.15) is 35.9 Å². The molecule has 3 aromatic rings. The van der Waals surface area contributed by atoms with Crippen molar-refractivity contribution in [2.24, 2.45) is 0 Å². The SMILES string of the molecule is CCCC(=O)OCOc1cc(C(=O)N(C[C@@H](O)C(=O)O)NCc2ccc(-c3cccc(Cl)c3)cc2)on1.